The largest absolute Gasteiger partial charge is 0.342 e. The summed E-state index contributed by atoms with van der Waals surface area (Å²) < 4.78 is 2.18. The summed E-state index contributed by atoms with van der Waals surface area (Å²) in [6, 6.07) is 0. The highest BCUT2D eigenvalue weighted by Crippen LogP contribution is 2.19. The SMILES string of the molecule is CCCCc1ncc(-c2ncc3[nH]cnc3n2)n1CC. The van der Waals surface area contributed by atoms with Crippen molar-refractivity contribution < 1.29 is 0 Å². The lowest BCUT2D eigenvalue weighted by Gasteiger charge is -2.08. The van der Waals surface area contributed by atoms with Crippen LogP contribution in [0.1, 0.15) is 32.5 Å². The molecule has 3 aromatic heterocycles. The molecule has 0 amide bonds. The van der Waals surface area contributed by atoms with Crippen molar-refractivity contribution in [1.29, 1.82) is 0 Å². The third kappa shape index (κ3) is 2.17. The molecule has 104 valence electrons. The summed E-state index contributed by atoms with van der Waals surface area (Å²) in [4.78, 5) is 20.6. The normalized spacial score (nSPS) is 11.3. The van der Waals surface area contributed by atoms with Crippen molar-refractivity contribution in [2.75, 3.05) is 0 Å². The van der Waals surface area contributed by atoms with Gasteiger partial charge in [0, 0.05) is 13.0 Å². The van der Waals surface area contributed by atoms with Crippen LogP contribution in [0.2, 0.25) is 0 Å². The van der Waals surface area contributed by atoms with E-state index in [-0.39, 0.29) is 0 Å². The Hall–Kier alpha value is -2.24. The van der Waals surface area contributed by atoms with Crippen LogP contribution in [0.15, 0.2) is 18.7 Å². The molecule has 0 saturated carbocycles. The fourth-order valence-corrected chi connectivity index (χ4v) is 2.34. The van der Waals surface area contributed by atoms with E-state index in [1.165, 1.54) is 6.42 Å². The van der Waals surface area contributed by atoms with Gasteiger partial charge in [-0.25, -0.2) is 19.9 Å². The molecule has 6 nitrogen and oxygen atoms in total. The van der Waals surface area contributed by atoms with Crippen molar-refractivity contribution in [2.24, 2.45) is 0 Å². The zero-order valence-corrected chi connectivity index (χ0v) is 11.8. The van der Waals surface area contributed by atoms with E-state index in [4.69, 9.17) is 0 Å². The first kappa shape index (κ1) is 12.8. The highest BCUT2D eigenvalue weighted by atomic mass is 15.1. The quantitative estimate of drug-likeness (QED) is 0.773. The minimum absolute atomic E-state index is 0.682. The van der Waals surface area contributed by atoms with Crippen molar-refractivity contribution in [3.8, 4) is 11.5 Å². The van der Waals surface area contributed by atoms with E-state index in [2.05, 4.69) is 43.3 Å². The Labute approximate surface area is 117 Å². The van der Waals surface area contributed by atoms with Gasteiger partial charge < -0.3 is 9.55 Å². The lowest BCUT2D eigenvalue weighted by Crippen LogP contribution is -2.05. The number of H-pyrrole nitrogens is 1. The van der Waals surface area contributed by atoms with Crippen molar-refractivity contribution in [2.45, 2.75) is 39.7 Å². The second-order valence-electron chi connectivity index (χ2n) is 4.74. The number of aromatic nitrogens is 6. The minimum Gasteiger partial charge on any atom is -0.342 e. The molecular formula is C14H18N6. The fraction of sp³-hybridized carbons (Fsp3) is 0.429. The lowest BCUT2D eigenvalue weighted by atomic mass is 10.2. The van der Waals surface area contributed by atoms with Crippen molar-refractivity contribution in [3.05, 3.63) is 24.5 Å². The van der Waals surface area contributed by atoms with E-state index in [1.54, 1.807) is 12.5 Å². The average molecular weight is 270 g/mol. The van der Waals surface area contributed by atoms with Gasteiger partial charge in [-0.2, -0.15) is 0 Å². The molecule has 3 heterocycles. The second-order valence-corrected chi connectivity index (χ2v) is 4.74. The van der Waals surface area contributed by atoms with Crippen LogP contribution in [-0.4, -0.2) is 29.5 Å². The fourth-order valence-electron chi connectivity index (χ4n) is 2.34. The van der Waals surface area contributed by atoms with Gasteiger partial charge in [-0.05, 0) is 13.3 Å². The number of aromatic amines is 1. The number of unbranched alkanes of at least 4 members (excludes halogenated alkanes) is 1. The van der Waals surface area contributed by atoms with Crippen molar-refractivity contribution >= 4 is 11.2 Å². The Balaban J connectivity index is 2.01. The molecule has 0 radical (unpaired) electrons. The molecular weight excluding hydrogens is 252 g/mol. The summed E-state index contributed by atoms with van der Waals surface area (Å²) >= 11 is 0. The lowest BCUT2D eigenvalue weighted by molar-refractivity contribution is 0.664. The van der Waals surface area contributed by atoms with Crippen LogP contribution in [0.4, 0.5) is 0 Å². The van der Waals surface area contributed by atoms with Crippen LogP contribution in [0, 0.1) is 0 Å². The van der Waals surface area contributed by atoms with Gasteiger partial charge in [0.25, 0.3) is 0 Å². The summed E-state index contributed by atoms with van der Waals surface area (Å²) in [5.41, 5.74) is 2.50. The summed E-state index contributed by atoms with van der Waals surface area (Å²) in [5, 5.41) is 0. The number of hydrogen-bond donors (Lipinski definition) is 1. The van der Waals surface area contributed by atoms with Gasteiger partial charge in [-0.1, -0.05) is 13.3 Å². The molecule has 0 saturated heterocycles. The monoisotopic (exact) mass is 270 g/mol. The third-order valence-electron chi connectivity index (χ3n) is 3.41. The molecule has 0 aliphatic carbocycles. The van der Waals surface area contributed by atoms with E-state index in [1.807, 2.05) is 6.20 Å². The van der Waals surface area contributed by atoms with Gasteiger partial charge in [0.05, 0.1) is 18.7 Å². The zero-order valence-electron chi connectivity index (χ0n) is 11.8. The molecule has 0 bridgehead atoms. The van der Waals surface area contributed by atoms with Gasteiger partial charge in [-0.15, -0.1) is 0 Å². The van der Waals surface area contributed by atoms with Crippen LogP contribution in [-0.2, 0) is 13.0 Å². The van der Waals surface area contributed by atoms with Gasteiger partial charge in [0.15, 0.2) is 11.5 Å². The Morgan fingerprint density at radius 3 is 2.85 bits per heavy atom. The van der Waals surface area contributed by atoms with E-state index in [0.717, 1.165) is 36.4 Å². The van der Waals surface area contributed by atoms with Crippen LogP contribution < -0.4 is 0 Å². The second kappa shape index (κ2) is 5.40. The molecule has 3 rings (SSSR count). The smallest absolute Gasteiger partial charge is 0.181 e. The predicted molar refractivity (Wildman–Crippen MR) is 77.2 cm³/mol. The Morgan fingerprint density at radius 2 is 2.05 bits per heavy atom. The van der Waals surface area contributed by atoms with Gasteiger partial charge in [0.1, 0.15) is 17.0 Å². The molecule has 0 fully saturated rings. The topological polar surface area (TPSA) is 72.3 Å². The van der Waals surface area contributed by atoms with Crippen molar-refractivity contribution in [1.82, 2.24) is 29.5 Å². The molecule has 0 aliphatic rings. The van der Waals surface area contributed by atoms with Crippen LogP contribution in [0.5, 0.6) is 0 Å². The Morgan fingerprint density at radius 1 is 1.15 bits per heavy atom. The van der Waals surface area contributed by atoms with Crippen LogP contribution in [0.25, 0.3) is 22.7 Å². The molecule has 1 N–H and O–H groups in total. The van der Waals surface area contributed by atoms with E-state index < -0.39 is 0 Å². The Kier molecular flexibility index (Phi) is 3.45. The molecule has 0 aromatic carbocycles. The average Bonchev–Trinajstić information content (AvgIpc) is 3.10. The number of nitrogens with one attached hydrogen (secondary N) is 1. The summed E-state index contributed by atoms with van der Waals surface area (Å²) in [6.07, 6.45) is 8.57. The highest BCUT2D eigenvalue weighted by molar-refractivity contribution is 5.71. The summed E-state index contributed by atoms with van der Waals surface area (Å²) in [5.74, 6) is 1.79. The number of nitrogens with zero attached hydrogens (tertiary/aromatic N) is 5. The maximum Gasteiger partial charge on any atom is 0.181 e. The molecule has 0 atom stereocenters. The zero-order chi connectivity index (χ0) is 13.9. The number of fused-ring (bicyclic) bond motifs is 1. The van der Waals surface area contributed by atoms with Gasteiger partial charge in [0.2, 0.25) is 0 Å². The molecule has 6 heteroatoms. The molecule has 0 aliphatic heterocycles. The highest BCUT2D eigenvalue weighted by Gasteiger charge is 2.13. The number of hydrogen-bond acceptors (Lipinski definition) is 4. The first-order chi connectivity index (χ1) is 9.83. The maximum absolute atomic E-state index is 4.52. The molecule has 0 spiro atoms. The minimum atomic E-state index is 0.682. The Bertz CT molecular complexity index is 711. The molecule has 20 heavy (non-hydrogen) atoms. The first-order valence-corrected chi connectivity index (χ1v) is 7.04. The van der Waals surface area contributed by atoms with Gasteiger partial charge >= 0.3 is 0 Å². The number of rotatable bonds is 5. The predicted octanol–water partition coefficient (Wildman–Crippen LogP) is 2.58. The van der Waals surface area contributed by atoms with E-state index in [9.17, 15) is 0 Å². The number of aryl methyl sites for hydroxylation is 1. The summed E-state index contributed by atoms with van der Waals surface area (Å²) in [7, 11) is 0. The van der Waals surface area contributed by atoms with E-state index >= 15 is 0 Å². The standard InChI is InChI=1S/C14H18N6/c1-3-5-6-12-15-8-11(20(12)4-2)14-16-7-10-13(19-14)18-9-17-10/h7-9H,3-6H2,1-2H3,(H,16,17,18,19). The number of imidazole rings is 2. The van der Waals surface area contributed by atoms with Crippen molar-refractivity contribution in [3.63, 3.8) is 0 Å². The summed E-state index contributed by atoms with van der Waals surface area (Å²) in [6.45, 7) is 5.18. The molecule has 3 aromatic rings. The van der Waals surface area contributed by atoms with Crippen LogP contribution in [0.3, 0.4) is 0 Å². The van der Waals surface area contributed by atoms with Gasteiger partial charge in [-0.3, -0.25) is 0 Å². The maximum atomic E-state index is 4.52. The first-order valence-electron chi connectivity index (χ1n) is 7.04. The molecule has 0 unspecified atom stereocenters. The van der Waals surface area contributed by atoms with Crippen LogP contribution >= 0.6 is 0 Å². The third-order valence-corrected chi connectivity index (χ3v) is 3.41. The van der Waals surface area contributed by atoms with E-state index in [0.29, 0.717) is 11.5 Å².